The molecule has 3 aromatic rings. The molecule has 3 rings (SSSR count). The van der Waals surface area contributed by atoms with Gasteiger partial charge < -0.3 is 5.73 Å². The van der Waals surface area contributed by atoms with Gasteiger partial charge in [0.25, 0.3) is 0 Å². The molecule has 84 valence electrons. The van der Waals surface area contributed by atoms with Crippen LogP contribution in [-0.4, -0.2) is 0 Å². The lowest BCUT2D eigenvalue weighted by molar-refractivity contribution is 1.37. The van der Waals surface area contributed by atoms with Crippen LogP contribution in [0.5, 0.6) is 0 Å². The summed E-state index contributed by atoms with van der Waals surface area (Å²) in [4.78, 5) is 0. The molecule has 3 aromatic carbocycles. The summed E-state index contributed by atoms with van der Waals surface area (Å²) in [6.07, 6.45) is 0. The molecule has 0 aromatic heterocycles. The van der Waals surface area contributed by atoms with Crippen molar-refractivity contribution in [3.8, 4) is 0 Å². The van der Waals surface area contributed by atoms with E-state index in [1.54, 1.807) is 0 Å². The van der Waals surface area contributed by atoms with Gasteiger partial charge in [-0.2, -0.15) is 0 Å². The van der Waals surface area contributed by atoms with Gasteiger partial charge in [0.05, 0.1) is 0 Å². The fraction of sp³-hybridized carbons (Fsp3) is 0.125. The Morgan fingerprint density at radius 2 is 1.47 bits per heavy atom. The second-order valence-corrected chi connectivity index (χ2v) is 4.65. The van der Waals surface area contributed by atoms with Crippen LogP contribution >= 0.6 is 0 Å². The molecule has 17 heavy (non-hydrogen) atoms. The summed E-state index contributed by atoms with van der Waals surface area (Å²) in [5, 5.41) is 4.90. The van der Waals surface area contributed by atoms with Crippen molar-refractivity contribution in [2.45, 2.75) is 13.8 Å². The third-order valence-electron chi connectivity index (χ3n) is 3.58. The third kappa shape index (κ3) is 1.47. The maximum absolute atomic E-state index is 6.21. The Balaban J connectivity index is 2.52. The average molecular weight is 221 g/mol. The minimum absolute atomic E-state index is 0.908. The Bertz CT molecular complexity index is 726. The molecule has 0 heterocycles. The van der Waals surface area contributed by atoms with Crippen LogP contribution in [0.1, 0.15) is 11.1 Å². The van der Waals surface area contributed by atoms with Gasteiger partial charge in [0.15, 0.2) is 0 Å². The van der Waals surface area contributed by atoms with Gasteiger partial charge in [-0.05, 0) is 53.3 Å². The molecule has 1 nitrogen and oxygen atoms in total. The number of fused-ring (bicyclic) bond motifs is 2. The van der Waals surface area contributed by atoms with E-state index in [1.165, 1.54) is 27.3 Å². The topological polar surface area (TPSA) is 26.0 Å². The van der Waals surface area contributed by atoms with Crippen molar-refractivity contribution in [1.82, 2.24) is 0 Å². The highest BCUT2D eigenvalue weighted by Gasteiger charge is 2.05. The third-order valence-corrected chi connectivity index (χ3v) is 3.58. The van der Waals surface area contributed by atoms with Crippen molar-refractivity contribution >= 4 is 27.2 Å². The monoisotopic (exact) mass is 221 g/mol. The van der Waals surface area contributed by atoms with Crippen molar-refractivity contribution in [3.63, 3.8) is 0 Å². The van der Waals surface area contributed by atoms with E-state index in [0.717, 1.165) is 11.1 Å². The Morgan fingerprint density at radius 3 is 2.18 bits per heavy atom. The first-order chi connectivity index (χ1) is 8.16. The van der Waals surface area contributed by atoms with Crippen LogP contribution in [0.25, 0.3) is 21.5 Å². The van der Waals surface area contributed by atoms with Gasteiger partial charge in [-0.3, -0.25) is 0 Å². The van der Waals surface area contributed by atoms with Gasteiger partial charge >= 0.3 is 0 Å². The first-order valence-corrected chi connectivity index (χ1v) is 5.85. The smallest absolute Gasteiger partial charge is 0.0426 e. The van der Waals surface area contributed by atoms with Gasteiger partial charge in [-0.1, -0.05) is 30.3 Å². The summed E-state index contributed by atoms with van der Waals surface area (Å²) < 4.78 is 0. The first kappa shape index (κ1) is 10.2. The molecule has 0 aliphatic heterocycles. The Morgan fingerprint density at radius 1 is 0.824 bits per heavy atom. The van der Waals surface area contributed by atoms with Gasteiger partial charge in [-0.15, -0.1) is 0 Å². The van der Waals surface area contributed by atoms with Crippen molar-refractivity contribution < 1.29 is 0 Å². The van der Waals surface area contributed by atoms with Gasteiger partial charge in [0.2, 0.25) is 0 Å². The second kappa shape index (κ2) is 3.49. The first-order valence-electron chi connectivity index (χ1n) is 5.85. The molecule has 0 aliphatic carbocycles. The number of aryl methyl sites for hydroxylation is 1. The van der Waals surface area contributed by atoms with E-state index in [0.29, 0.717) is 0 Å². The van der Waals surface area contributed by atoms with E-state index in [2.05, 4.69) is 56.3 Å². The van der Waals surface area contributed by atoms with E-state index in [4.69, 9.17) is 5.73 Å². The molecule has 0 spiro atoms. The summed E-state index contributed by atoms with van der Waals surface area (Å²) >= 11 is 0. The number of nitrogen functional groups attached to an aromatic ring is 1. The zero-order valence-electron chi connectivity index (χ0n) is 10.1. The van der Waals surface area contributed by atoms with Crippen molar-refractivity contribution in [1.29, 1.82) is 0 Å². The number of benzene rings is 3. The highest BCUT2D eigenvalue weighted by Crippen LogP contribution is 2.30. The van der Waals surface area contributed by atoms with E-state index in [9.17, 15) is 0 Å². The number of anilines is 1. The predicted octanol–water partition coefficient (Wildman–Crippen LogP) is 4.19. The van der Waals surface area contributed by atoms with Crippen LogP contribution in [0, 0.1) is 13.8 Å². The quantitative estimate of drug-likeness (QED) is 0.447. The molecule has 0 amide bonds. The molecule has 0 radical (unpaired) electrons. The fourth-order valence-corrected chi connectivity index (χ4v) is 2.37. The van der Waals surface area contributed by atoms with Gasteiger partial charge in [0.1, 0.15) is 0 Å². The molecule has 1 heteroatoms. The highest BCUT2D eigenvalue weighted by atomic mass is 14.6. The maximum Gasteiger partial charge on any atom is 0.0426 e. The lowest BCUT2D eigenvalue weighted by Gasteiger charge is -2.10. The van der Waals surface area contributed by atoms with Crippen LogP contribution in [0.2, 0.25) is 0 Å². The largest absolute Gasteiger partial charge is 0.398 e. The molecule has 0 aliphatic rings. The maximum atomic E-state index is 6.21. The second-order valence-electron chi connectivity index (χ2n) is 4.65. The molecule has 0 saturated carbocycles. The molecule has 2 N–H and O–H groups in total. The van der Waals surface area contributed by atoms with Crippen LogP contribution in [0.15, 0.2) is 42.5 Å². The summed E-state index contributed by atoms with van der Waals surface area (Å²) in [5.74, 6) is 0. The normalized spacial score (nSPS) is 11.2. The van der Waals surface area contributed by atoms with Crippen molar-refractivity contribution in [2.75, 3.05) is 5.73 Å². The predicted molar refractivity (Wildman–Crippen MR) is 75.3 cm³/mol. The van der Waals surface area contributed by atoms with Crippen LogP contribution in [0.4, 0.5) is 5.69 Å². The SMILES string of the molecule is Cc1cc2cc3ccccc3cc2c(N)c1C. The summed E-state index contributed by atoms with van der Waals surface area (Å²) in [7, 11) is 0. The average Bonchev–Trinajstić information content (AvgIpc) is 2.34. The van der Waals surface area contributed by atoms with Gasteiger partial charge in [0, 0.05) is 11.1 Å². The molecule has 0 unspecified atom stereocenters. The Kier molecular flexibility index (Phi) is 2.08. The number of nitrogens with two attached hydrogens (primary N) is 1. The molecular weight excluding hydrogens is 206 g/mol. The van der Waals surface area contributed by atoms with Crippen molar-refractivity contribution in [2.24, 2.45) is 0 Å². The lowest BCUT2D eigenvalue weighted by atomic mass is 9.97. The van der Waals surface area contributed by atoms with E-state index < -0.39 is 0 Å². The van der Waals surface area contributed by atoms with E-state index >= 15 is 0 Å². The Labute approximate surface area is 101 Å². The number of rotatable bonds is 0. The Hall–Kier alpha value is -2.02. The van der Waals surface area contributed by atoms with Crippen molar-refractivity contribution in [3.05, 3.63) is 53.6 Å². The van der Waals surface area contributed by atoms with E-state index in [-0.39, 0.29) is 0 Å². The summed E-state index contributed by atoms with van der Waals surface area (Å²) in [6.45, 7) is 4.19. The van der Waals surface area contributed by atoms with Gasteiger partial charge in [-0.25, -0.2) is 0 Å². The highest BCUT2D eigenvalue weighted by molar-refractivity contribution is 6.04. The molecule has 0 atom stereocenters. The van der Waals surface area contributed by atoms with Crippen LogP contribution in [0.3, 0.4) is 0 Å². The zero-order valence-corrected chi connectivity index (χ0v) is 10.1. The fourth-order valence-electron chi connectivity index (χ4n) is 2.37. The van der Waals surface area contributed by atoms with Crippen LogP contribution in [-0.2, 0) is 0 Å². The number of hydrogen-bond acceptors (Lipinski definition) is 1. The number of hydrogen-bond donors (Lipinski definition) is 1. The molecule has 0 bridgehead atoms. The zero-order chi connectivity index (χ0) is 12.0. The van der Waals surface area contributed by atoms with Crippen LogP contribution < -0.4 is 5.73 Å². The van der Waals surface area contributed by atoms with E-state index in [1.807, 2.05) is 0 Å². The standard InChI is InChI=1S/C16H15N/c1-10-7-14-8-12-5-3-4-6-13(12)9-15(14)16(17)11(10)2/h3-9H,17H2,1-2H3. The summed E-state index contributed by atoms with van der Waals surface area (Å²) in [5.41, 5.74) is 9.56. The summed E-state index contributed by atoms with van der Waals surface area (Å²) in [6, 6.07) is 15.0. The minimum Gasteiger partial charge on any atom is -0.398 e. The minimum atomic E-state index is 0.908. The lowest BCUT2D eigenvalue weighted by Crippen LogP contribution is -1.94. The molecular formula is C16H15N. The molecule has 0 fully saturated rings. The molecule has 0 saturated heterocycles.